The van der Waals surface area contributed by atoms with Gasteiger partial charge in [0, 0.05) is 37.7 Å². The van der Waals surface area contributed by atoms with Crippen molar-refractivity contribution in [2.45, 2.75) is 13.3 Å². The van der Waals surface area contributed by atoms with Gasteiger partial charge in [-0.2, -0.15) is 0 Å². The molecule has 0 unspecified atom stereocenters. The number of aromatic nitrogens is 1. The number of nitrogens with zero attached hydrogens (tertiary/aromatic N) is 2. The first-order valence-electron chi connectivity index (χ1n) is 7.29. The molecule has 0 aliphatic rings. The highest BCUT2D eigenvalue weighted by molar-refractivity contribution is 5.93. The Hall–Kier alpha value is -2.36. The van der Waals surface area contributed by atoms with Crippen LogP contribution in [-0.2, 0) is 0 Å². The Kier molecular flexibility index (Phi) is 5.76. The third-order valence-corrected chi connectivity index (χ3v) is 3.32. The predicted octanol–water partition coefficient (Wildman–Crippen LogP) is 2.73. The molecule has 0 bridgehead atoms. The second-order valence-electron chi connectivity index (χ2n) is 4.77. The number of benzene rings is 1. The first-order valence-corrected chi connectivity index (χ1v) is 7.29. The van der Waals surface area contributed by atoms with E-state index < -0.39 is 0 Å². The lowest BCUT2D eigenvalue weighted by Crippen LogP contribution is -2.30. The Labute approximate surface area is 125 Å². The third-order valence-electron chi connectivity index (χ3n) is 3.32. The minimum atomic E-state index is -0.0640. The molecule has 21 heavy (non-hydrogen) atoms. The van der Waals surface area contributed by atoms with E-state index in [-0.39, 0.29) is 5.91 Å². The van der Waals surface area contributed by atoms with E-state index in [1.165, 1.54) is 5.69 Å². The Bertz CT molecular complexity index is 542. The molecular formula is C17H21N3O. The summed E-state index contributed by atoms with van der Waals surface area (Å²) >= 11 is 0. The summed E-state index contributed by atoms with van der Waals surface area (Å²) in [5.74, 6) is -0.0640. The number of rotatable bonds is 7. The molecule has 1 aromatic carbocycles. The first kappa shape index (κ1) is 15.0. The van der Waals surface area contributed by atoms with E-state index in [9.17, 15) is 4.79 Å². The second-order valence-corrected chi connectivity index (χ2v) is 4.77. The van der Waals surface area contributed by atoms with Gasteiger partial charge in [0.2, 0.25) is 0 Å². The fourth-order valence-electron chi connectivity index (χ4n) is 2.18. The van der Waals surface area contributed by atoms with Gasteiger partial charge in [0.1, 0.15) is 0 Å². The Balaban J connectivity index is 1.75. The van der Waals surface area contributed by atoms with Crippen molar-refractivity contribution in [3.05, 3.63) is 60.4 Å². The average Bonchev–Trinajstić information content (AvgIpc) is 2.56. The lowest BCUT2D eigenvalue weighted by molar-refractivity contribution is 0.0953. The van der Waals surface area contributed by atoms with E-state index in [4.69, 9.17) is 0 Å². The number of nitrogens with one attached hydrogen (secondary N) is 1. The molecule has 1 heterocycles. The zero-order valence-electron chi connectivity index (χ0n) is 12.3. The molecule has 4 nitrogen and oxygen atoms in total. The lowest BCUT2D eigenvalue weighted by Gasteiger charge is -2.23. The normalized spacial score (nSPS) is 10.1. The fourth-order valence-corrected chi connectivity index (χ4v) is 2.18. The maximum absolute atomic E-state index is 11.9. The zero-order chi connectivity index (χ0) is 14.9. The molecule has 1 amide bonds. The molecule has 0 radical (unpaired) electrons. The number of carbonyl (C=O) groups is 1. The first-order chi connectivity index (χ1) is 10.3. The van der Waals surface area contributed by atoms with E-state index in [0.717, 1.165) is 19.5 Å². The summed E-state index contributed by atoms with van der Waals surface area (Å²) in [6.45, 7) is 4.69. The molecule has 0 fully saturated rings. The number of hydrogen-bond donors (Lipinski definition) is 1. The van der Waals surface area contributed by atoms with Gasteiger partial charge >= 0.3 is 0 Å². The number of carbonyl (C=O) groups excluding carboxylic acids is 1. The molecule has 2 rings (SSSR count). The maximum atomic E-state index is 11.9. The molecule has 0 aliphatic carbocycles. The standard InChI is InChI=1S/C17H21N3O/c1-2-20(16-9-4-3-5-10-16)13-7-12-19-17(21)15-8-6-11-18-14-15/h3-6,8-11,14H,2,7,12-13H2,1H3,(H,19,21). The highest BCUT2D eigenvalue weighted by Crippen LogP contribution is 2.12. The summed E-state index contributed by atoms with van der Waals surface area (Å²) in [5.41, 5.74) is 1.83. The Morgan fingerprint density at radius 3 is 2.67 bits per heavy atom. The monoisotopic (exact) mass is 283 g/mol. The quantitative estimate of drug-likeness (QED) is 0.795. The molecule has 0 atom stereocenters. The van der Waals surface area contributed by atoms with Gasteiger partial charge in [-0.25, -0.2) is 0 Å². The number of anilines is 1. The van der Waals surface area contributed by atoms with Gasteiger partial charge in [-0.15, -0.1) is 0 Å². The van der Waals surface area contributed by atoms with Crippen molar-refractivity contribution in [2.75, 3.05) is 24.5 Å². The van der Waals surface area contributed by atoms with E-state index in [2.05, 4.69) is 34.3 Å². The minimum absolute atomic E-state index is 0.0640. The van der Waals surface area contributed by atoms with E-state index in [1.807, 2.05) is 18.2 Å². The van der Waals surface area contributed by atoms with Crippen LogP contribution in [0.25, 0.3) is 0 Å². The maximum Gasteiger partial charge on any atom is 0.252 e. The molecule has 0 saturated heterocycles. The SMILES string of the molecule is CCN(CCCNC(=O)c1cccnc1)c1ccccc1. The van der Waals surface area contributed by atoms with Gasteiger partial charge in [0.05, 0.1) is 5.56 Å². The highest BCUT2D eigenvalue weighted by atomic mass is 16.1. The second kappa shape index (κ2) is 8.04. The van der Waals surface area contributed by atoms with Gasteiger partial charge < -0.3 is 10.2 Å². The van der Waals surface area contributed by atoms with Gasteiger partial charge in [0.15, 0.2) is 0 Å². The van der Waals surface area contributed by atoms with Crippen LogP contribution in [0, 0.1) is 0 Å². The van der Waals surface area contributed by atoms with Crippen LogP contribution in [0.1, 0.15) is 23.7 Å². The number of pyridine rings is 1. The molecule has 1 N–H and O–H groups in total. The van der Waals surface area contributed by atoms with Crippen LogP contribution in [0.15, 0.2) is 54.9 Å². The highest BCUT2D eigenvalue weighted by Gasteiger charge is 2.06. The van der Waals surface area contributed by atoms with Gasteiger partial charge in [-0.3, -0.25) is 9.78 Å². The van der Waals surface area contributed by atoms with E-state index >= 15 is 0 Å². The predicted molar refractivity (Wildman–Crippen MR) is 85.5 cm³/mol. The third kappa shape index (κ3) is 4.60. The van der Waals surface area contributed by atoms with Crippen molar-refractivity contribution in [2.24, 2.45) is 0 Å². The summed E-state index contributed by atoms with van der Waals surface area (Å²) in [4.78, 5) is 18.1. The number of hydrogen-bond acceptors (Lipinski definition) is 3. The largest absolute Gasteiger partial charge is 0.372 e. The molecule has 1 aromatic heterocycles. The summed E-state index contributed by atoms with van der Waals surface area (Å²) < 4.78 is 0. The molecule has 0 saturated carbocycles. The van der Waals surface area contributed by atoms with Crippen LogP contribution in [0.4, 0.5) is 5.69 Å². The summed E-state index contributed by atoms with van der Waals surface area (Å²) in [5, 5.41) is 2.92. The van der Waals surface area contributed by atoms with E-state index in [0.29, 0.717) is 12.1 Å². The molecule has 0 aliphatic heterocycles. The van der Waals surface area contributed by atoms with Crippen LogP contribution in [-0.4, -0.2) is 30.5 Å². The molecule has 4 heteroatoms. The van der Waals surface area contributed by atoms with Crippen LogP contribution in [0.5, 0.6) is 0 Å². The van der Waals surface area contributed by atoms with Gasteiger partial charge in [-0.1, -0.05) is 18.2 Å². The average molecular weight is 283 g/mol. The summed E-state index contributed by atoms with van der Waals surface area (Å²) in [7, 11) is 0. The van der Waals surface area contributed by atoms with Crippen LogP contribution < -0.4 is 10.2 Å². The summed E-state index contributed by atoms with van der Waals surface area (Å²) in [6.07, 6.45) is 4.15. The summed E-state index contributed by atoms with van der Waals surface area (Å²) in [6, 6.07) is 13.9. The van der Waals surface area contributed by atoms with Crippen molar-refractivity contribution < 1.29 is 4.79 Å². The molecular weight excluding hydrogens is 262 g/mol. The van der Waals surface area contributed by atoms with Gasteiger partial charge in [0.25, 0.3) is 5.91 Å². The van der Waals surface area contributed by atoms with Crippen molar-refractivity contribution in [3.63, 3.8) is 0 Å². The van der Waals surface area contributed by atoms with Crippen LogP contribution >= 0.6 is 0 Å². The fraction of sp³-hybridized carbons (Fsp3) is 0.294. The lowest BCUT2D eigenvalue weighted by atomic mass is 10.2. The van der Waals surface area contributed by atoms with Crippen molar-refractivity contribution >= 4 is 11.6 Å². The Morgan fingerprint density at radius 2 is 2.00 bits per heavy atom. The van der Waals surface area contributed by atoms with Crippen molar-refractivity contribution in [3.8, 4) is 0 Å². The number of para-hydroxylation sites is 1. The van der Waals surface area contributed by atoms with Gasteiger partial charge in [-0.05, 0) is 37.6 Å². The molecule has 2 aromatic rings. The van der Waals surface area contributed by atoms with Crippen LogP contribution in [0.3, 0.4) is 0 Å². The molecule has 110 valence electrons. The Morgan fingerprint density at radius 1 is 1.19 bits per heavy atom. The number of amides is 1. The smallest absolute Gasteiger partial charge is 0.252 e. The van der Waals surface area contributed by atoms with Crippen molar-refractivity contribution in [1.82, 2.24) is 10.3 Å². The molecule has 0 spiro atoms. The van der Waals surface area contributed by atoms with Crippen molar-refractivity contribution in [1.29, 1.82) is 0 Å². The topological polar surface area (TPSA) is 45.2 Å². The zero-order valence-corrected chi connectivity index (χ0v) is 12.3. The van der Waals surface area contributed by atoms with Crippen LogP contribution in [0.2, 0.25) is 0 Å². The minimum Gasteiger partial charge on any atom is -0.372 e. The van der Waals surface area contributed by atoms with E-state index in [1.54, 1.807) is 24.5 Å².